The van der Waals surface area contributed by atoms with Crippen LogP contribution in [0.3, 0.4) is 0 Å². The van der Waals surface area contributed by atoms with E-state index in [1.165, 1.54) is 6.39 Å². The average molecular weight is 168 g/mol. The maximum absolute atomic E-state index is 5.65. The van der Waals surface area contributed by atoms with Crippen molar-refractivity contribution in [3.05, 3.63) is 17.8 Å². The average Bonchev–Trinajstić information content (AvgIpc) is 2.38. The van der Waals surface area contributed by atoms with E-state index in [2.05, 4.69) is 18.8 Å². The van der Waals surface area contributed by atoms with E-state index in [4.69, 9.17) is 10.2 Å². The SMILES string of the molecule is Cc1ncoc1C(CN)C(C)C. The van der Waals surface area contributed by atoms with E-state index < -0.39 is 0 Å². The molecule has 1 unspecified atom stereocenters. The van der Waals surface area contributed by atoms with Crippen LogP contribution >= 0.6 is 0 Å². The molecule has 0 radical (unpaired) electrons. The highest BCUT2D eigenvalue weighted by Crippen LogP contribution is 2.25. The van der Waals surface area contributed by atoms with Crippen molar-refractivity contribution in [3.63, 3.8) is 0 Å². The van der Waals surface area contributed by atoms with Crippen LogP contribution < -0.4 is 5.73 Å². The molecule has 0 fully saturated rings. The van der Waals surface area contributed by atoms with Crippen LogP contribution in [0.25, 0.3) is 0 Å². The Kier molecular flexibility index (Phi) is 2.87. The predicted molar refractivity (Wildman–Crippen MR) is 47.9 cm³/mol. The van der Waals surface area contributed by atoms with Gasteiger partial charge in [-0.05, 0) is 12.8 Å². The number of hydrogen-bond donors (Lipinski definition) is 1. The standard InChI is InChI=1S/C9H16N2O/c1-6(2)8(4-10)9-7(3)11-5-12-9/h5-6,8H,4,10H2,1-3H3. The molecular weight excluding hydrogens is 152 g/mol. The molecule has 0 bridgehead atoms. The van der Waals surface area contributed by atoms with Crippen LogP contribution in [0.4, 0.5) is 0 Å². The van der Waals surface area contributed by atoms with Crippen LogP contribution in [-0.4, -0.2) is 11.5 Å². The van der Waals surface area contributed by atoms with Crippen molar-refractivity contribution in [2.24, 2.45) is 11.7 Å². The molecule has 0 saturated heterocycles. The molecule has 0 aliphatic carbocycles. The second-order valence-electron chi connectivity index (χ2n) is 3.39. The zero-order valence-corrected chi connectivity index (χ0v) is 7.87. The molecule has 0 aliphatic rings. The van der Waals surface area contributed by atoms with Crippen LogP contribution in [0.15, 0.2) is 10.8 Å². The Hall–Kier alpha value is -0.830. The van der Waals surface area contributed by atoms with Gasteiger partial charge in [0.25, 0.3) is 0 Å². The molecule has 0 amide bonds. The van der Waals surface area contributed by atoms with Crippen LogP contribution in [0, 0.1) is 12.8 Å². The van der Waals surface area contributed by atoms with E-state index in [9.17, 15) is 0 Å². The zero-order valence-electron chi connectivity index (χ0n) is 7.87. The first kappa shape index (κ1) is 9.26. The van der Waals surface area contributed by atoms with Gasteiger partial charge in [0.2, 0.25) is 0 Å². The fraction of sp³-hybridized carbons (Fsp3) is 0.667. The van der Waals surface area contributed by atoms with Crippen LogP contribution in [0.5, 0.6) is 0 Å². The lowest BCUT2D eigenvalue weighted by Gasteiger charge is -2.16. The zero-order chi connectivity index (χ0) is 9.14. The quantitative estimate of drug-likeness (QED) is 0.747. The Balaban J connectivity index is 2.87. The smallest absolute Gasteiger partial charge is 0.181 e. The molecular formula is C9H16N2O. The summed E-state index contributed by atoms with van der Waals surface area (Å²) in [4.78, 5) is 4.05. The molecule has 3 nitrogen and oxygen atoms in total. The Labute approximate surface area is 73.0 Å². The molecule has 12 heavy (non-hydrogen) atoms. The third kappa shape index (κ3) is 1.67. The summed E-state index contributed by atoms with van der Waals surface area (Å²) < 4.78 is 5.29. The topological polar surface area (TPSA) is 52.0 Å². The first-order chi connectivity index (χ1) is 5.66. The molecule has 0 saturated carbocycles. The minimum atomic E-state index is 0.299. The Bertz CT molecular complexity index is 242. The maximum Gasteiger partial charge on any atom is 0.181 e. The second kappa shape index (κ2) is 3.72. The van der Waals surface area contributed by atoms with Gasteiger partial charge in [-0.25, -0.2) is 4.98 Å². The van der Waals surface area contributed by atoms with Crippen LogP contribution in [0.1, 0.15) is 31.2 Å². The highest BCUT2D eigenvalue weighted by molar-refractivity contribution is 5.11. The van der Waals surface area contributed by atoms with Gasteiger partial charge in [0.15, 0.2) is 6.39 Å². The molecule has 0 aromatic carbocycles. The Morgan fingerprint density at radius 1 is 1.58 bits per heavy atom. The third-order valence-corrected chi connectivity index (χ3v) is 2.18. The van der Waals surface area contributed by atoms with Gasteiger partial charge in [0.1, 0.15) is 5.76 Å². The number of nitrogens with two attached hydrogens (primary N) is 1. The minimum Gasteiger partial charge on any atom is -0.448 e. The lowest BCUT2D eigenvalue weighted by atomic mass is 9.92. The summed E-state index contributed by atoms with van der Waals surface area (Å²) in [5.74, 6) is 1.74. The van der Waals surface area contributed by atoms with E-state index >= 15 is 0 Å². The van der Waals surface area contributed by atoms with Gasteiger partial charge in [-0.1, -0.05) is 13.8 Å². The first-order valence-corrected chi connectivity index (χ1v) is 4.26. The number of aromatic nitrogens is 1. The van der Waals surface area contributed by atoms with Gasteiger partial charge in [-0.3, -0.25) is 0 Å². The minimum absolute atomic E-state index is 0.299. The van der Waals surface area contributed by atoms with Crippen molar-refractivity contribution in [3.8, 4) is 0 Å². The number of aryl methyl sites for hydroxylation is 1. The van der Waals surface area contributed by atoms with E-state index in [0.29, 0.717) is 18.4 Å². The van der Waals surface area contributed by atoms with Crippen molar-refractivity contribution in [2.75, 3.05) is 6.54 Å². The van der Waals surface area contributed by atoms with Crippen LogP contribution in [0.2, 0.25) is 0 Å². The lowest BCUT2D eigenvalue weighted by Crippen LogP contribution is -2.18. The van der Waals surface area contributed by atoms with Gasteiger partial charge in [0.05, 0.1) is 5.69 Å². The van der Waals surface area contributed by atoms with Gasteiger partial charge in [-0.2, -0.15) is 0 Å². The summed E-state index contributed by atoms with van der Waals surface area (Å²) in [5, 5.41) is 0. The normalized spacial score (nSPS) is 13.8. The molecule has 1 heterocycles. The summed E-state index contributed by atoms with van der Waals surface area (Å²) in [5.41, 5.74) is 6.60. The molecule has 68 valence electrons. The Morgan fingerprint density at radius 3 is 2.58 bits per heavy atom. The molecule has 1 aromatic heterocycles. The molecule has 3 heteroatoms. The van der Waals surface area contributed by atoms with Gasteiger partial charge >= 0.3 is 0 Å². The molecule has 1 aromatic rings. The fourth-order valence-electron chi connectivity index (χ4n) is 1.35. The van der Waals surface area contributed by atoms with Crippen LogP contribution in [-0.2, 0) is 0 Å². The third-order valence-electron chi connectivity index (χ3n) is 2.18. The maximum atomic E-state index is 5.65. The van der Waals surface area contributed by atoms with Gasteiger partial charge in [-0.15, -0.1) is 0 Å². The number of nitrogens with zero attached hydrogens (tertiary/aromatic N) is 1. The Morgan fingerprint density at radius 2 is 2.25 bits per heavy atom. The van der Waals surface area contributed by atoms with Crippen molar-refractivity contribution >= 4 is 0 Å². The molecule has 1 rings (SSSR count). The molecule has 0 aliphatic heterocycles. The number of rotatable bonds is 3. The largest absolute Gasteiger partial charge is 0.448 e. The second-order valence-corrected chi connectivity index (χ2v) is 3.39. The highest BCUT2D eigenvalue weighted by Gasteiger charge is 2.19. The number of hydrogen-bond acceptors (Lipinski definition) is 3. The van der Waals surface area contributed by atoms with Gasteiger partial charge < -0.3 is 10.2 Å². The van der Waals surface area contributed by atoms with Crippen molar-refractivity contribution in [1.29, 1.82) is 0 Å². The van der Waals surface area contributed by atoms with Crippen molar-refractivity contribution in [2.45, 2.75) is 26.7 Å². The predicted octanol–water partition coefficient (Wildman–Crippen LogP) is 1.68. The van der Waals surface area contributed by atoms with E-state index in [1.54, 1.807) is 0 Å². The first-order valence-electron chi connectivity index (χ1n) is 4.26. The van der Waals surface area contributed by atoms with E-state index in [0.717, 1.165) is 11.5 Å². The van der Waals surface area contributed by atoms with E-state index in [-0.39, 0.29) is 0 Å². The number of oxazole rings is 1. The summed E-state index contributed by atoms with van der Waals surface area (Å²) in [6.45, 7) is 6.84. The summed E-state index contributed by atoms with van der Waals surface area (Å²) in [6, 6.07) is 0. The monoisotopic (exact) mass is 168 g/mol. The lowest BCUT2D eigenvalue weighted by molar-refractivity contribution is 0.396. The summed E-state index contributed by atoms with van der Waals surface area (Å²) in [7, 11) is 0. The van der Waals surface area contributed by atoms with Crippen molar-refractivity contribution in [1.82, 2.24) is 4.98 Å². The summed E-state index contributed by atoms with van der Waals surface area (Å²) >= 11 is 0. The summed E-state index contributed by atoms with van der Waals surface area (Å²) in [6.07, 6.45) is 1.48. The van der Waals surface area contributed by atoms with Crippen molar-refractivity contribution < 1.29 is 4.42 Å². The van der Waals surface area contributed by atoms with Gasteiger partial charge in [0, 0.05) is 12.5 Å². The molecule has 2 N–H and O–H groups in total. The fourth-order valence-corrected chi connectivity index (χ4v) is 1.35. The molecule has 1 atom stereocenters. The molecule has 0 spiro atoms. The highest BCUT2D eigenvalue weighted by atomic mass is 16.3. The van der Waals surface area contributed by atoms with E-state index in [1.807, 2.05) is 6.92 Å².